The summed E-state index contributed by atoms with van der Waals surface area (Å²) in [6, 6.07) is 12.3. The van der Waals surface area contributed by atoms with Crippen LogP contribution in [0.4, 0.5) is 0 Å². The second kappa shape index (κ2) is 6.43. The van der Waals surface area contributed by atoms with Crippen LogP contribution in [0.5, 0.6) is 11.5 Å². The third-order valence-corrected chi connectivity index (χ3v) is 1.64. The molecule has 0 radical (unpaired) electrons. The van der Waals surface area contributed by atoms with Gasteiger partial charge in [0.2, 0.25) is 0 Å². The van der Waals surface area contributed by atoms with Crippen molar-refractivity contribution in [1.29, 1.82) is 0 Å². The Hall–Kier alpha value is -2.03. The van der Waals surface area contributed by atoms with E-state index in [9.17, 15) is 0 Å². The molecule has 3 heteroatoms. The summed E-state index contributed by atoms with van der Waals surface area (Å²) in [4.78, 5) is 3.78. The van der Waals surface area contributed by atoms with Crippen molar-refractivity contribution < 1.29 is 9.84 Å². The number of hydrogen-bond acceptors (Lipinski definition) is 3. The highest BCUT2D eigenvalue weighted by Crippen LogP contribution is 2.14. The molecule has 0 aliphatic rings. The minimum Gasteiger partial charge on any atom is -0.508 e. The predicted octanol–water partition coefficient (Wildman–Crippen LogP) is 2.48. The van der Waals surface area contributed by atoms with Crippen LogP contribution in [0.15, 0.2) is 54.9 Å². The van der Waals surface area contributed by atoms with Crippen LogP contribution in [0.2, 0.25) is 0 Å². The summed E-state index contributed by atoms with van der Waals surface area (Å²) in [5, 5.41) is 8.80. The zero-order valence-corrected chi connectivity index (χ0v) is 8.50. The summed E-state index contributed by atoms with van der Waals surface area (Å²) in [7, 11) is 1.59. The van der Waals surface area contributed by atoms with Gasteiger partial charge in [0.25, 0.3) is 0 Å². The number of methoxy groups -OCH3 is 1. The van der Waals surface area contributed by atoms with Crippen LogP contribution in [0, 0.1) is 0 Å². The van der Waals surface area contributed by atoms with E-state index in [2.05, 4.69) is 4.98 Å². The molecule has 0 atom stereocenters. The van der Waals surface area contributed by atoms with Gasteiger partial charge in [-0.05, 0) is 36.4 Å². The first-order valence-corrected chi connectivity index (χ1v) is 4.51. The Balaban J connectivity index is 0.000000162. The van der Waals surface area contributed by atoms with Crippen LogP contribution in [-0.2, 0) is 0 Å². The Bertz CT molecular complexity index is 332. The summed E-state index contributed by atoms with van der Waals surface area (Å²) in [6.45, 7) is 0. The van der Waals surface area contributed by atoms with E-state index >= 15 is 0 Å². The number of benzene rings is 1. The molecular formula is C12H13NO2. The molecule has 1 N–H and O–H groups in total. The smallest absolute Gasteiger partial charge is 0.119 e. The molecule has 0 spiro atoms. The standard InChI is InChI=1S/C7H8O2.C5H5N/c1-9-7-4-2-6(8)3-5-7;1-2-4-6-5-3-1/h2-5,8H,1H3;1-5H. The van der Waals surface area contributed by atoms with Crippen molar-refractivity contribution in [3.8, 4) is 11.5 Å². The van der Waals surface area contributed by atoms with Crippen molar-refractivity contribution in [3.05, 3.63) is 54.9 Å². The first kappa shape index (κ1) is 11.0. The fourth-order valence-corrected chi connectivity index (χ4v) is 0.895. The molecule has 1 aromatic carbocycles. The van der Waals surface area contributed by atoms with Crippen LogP contribution >= 0.6 is 0 Å². The lowest BCUT2D eigenvalue weighted by atomic mass is 10.3. The molecule has 0 saturated heterocycles. The lowest BCUT2D eigenvalue weighted by molar-refractivity contribution is 0.412. The quantitative estimate of drug-likeness (QED) is 0.774. The second-order valence-electron chi connectivity index (χ2n) is 2.72. The molecule has 0 amide bonds. The van der Waals surface area contributed by atoms with E-state index in [-0.39, 0.29) is 5.75 Å². The maximum absolute atomic E-state index is 8.80. The number of hydrogen-bond donors (Lipinski definition) is 1. The Labute approximate surface area is 89.0 Å². The fourth-order valence-electron chi connectivity index (χ4n) is 0.895. The molecule has 3 nitrogen and oxygen atoms in total. The number of phenols is 1. The van der Waals surface area contributed by atoms with Crippen molar-refractivity contribution in [1.82, 2.24) is 4.98 Å². The second-order valence-corrected chi connectivity index (χ2v) is 2.72. The molecule has 0 saturated carbocycles. The van der Waals surface area contributed by atoms with E-state index in [0.717, 1.165) is 5.75 Å². The van der Waals surface area contributed by atoms with Gasteiger partial charge in [0.05, 0.1) is 7.11 Å². The zero-order chi connectivity index (χ0) is 10.9. The molecule has 78 valence electrons. The summed E-state index contributed by atoms with van der Waals surface area (Å²) < 4.78 is 4.86. The van der Waals surface area contributed by atoms with E-state index in [0.29, 0.717) is 0 Å². The van der Waals surface area contributed by atoms with Crippen molar-refractivity contribution in [3.63, 3.8) is 0 Å². The molecule has 2 aromatic rings. The molecule has 0 aliphatic carbocycles. The largest absolute Gasteiger partial charge is 0.508 e. The molecule has 1 heterocycles. The fraction of sp³-hybridized carbons (Fsp3) is 0.0833. The SMILES string of the molecule is COc1ccc(O)cc1.c1ccncc1. The first-order chi connectivity index (χ1) is 7.33. The average Bonchev–Trinajstić information content (AvgIpc) is 2.33. The summed E-state index contributed by atoms with van der Waals surface area (Å²) in [6.07, 6.45) is 3.50. The van der Waals surface area contributed by atoms with Crippen molar-refractivity contribution in [2.75, 3.05) is 7.11 Å². The number of rotatable bonds is 1. The van der Waals surface area contributed by atoms with Gasteiger partial charge < -0.3 is 9.84 Å². The van der Waals surface area contributed by atoms with Crippen LogP contribution in [-0.4, -0.2) is 17.2 Å². The number of phenolic OH excluding ortho intramolecular Hbond substituents is 1. The Morgan fingerprint density at radius 1 is 1.00 bits per heavy atom. The van der Waals surface area contributed by atoms with Gasteiger partial charge in [-0.3, -0.25) is 4.98 Å². The first-order valence-electron chi connectivity index (χ1n) is 4.51. The van der Waals surface area contributed by atoms with E-state index in [1.54, 1.807) is 43.8 Å². The van der Waals surface area contributed by atoms with Crippen molar-refractivity contribution in [2.24, 2.45) is 0 Å². The monoisotopic (exact) mass is 203 g/mol. The number of ether oxygens (including phenoxy) is 1. The lowest BCUT2D eigenvalue weighted by Crippen LogP contribution is -1.79. The number of aromatic nitrogens is 1. The van der Waals surface area contributed by atoms with Crippen LogP contribution in [0.1, 0.15) is 0 Å². The molecule has 0 aliphatic heterocycles. The predicted molar refractivity (Wildman–Crippen MR) is 58.9 cm³/mol. The molecule has 1 aromatic heterocycles. The highest BCUT2D eigenvalue weighted by molar-refractivity contribution is 5.29. The normalized spacial score (nSPS) is 8.60. The maximum atomic E-state index is 8.80. The van der Waals surface area contributed by atoms with Crippen LogP contribution in [0.3, 0.4) is 0 Å². The molecule has 15 heavy (non-hydrogen) atoms. The minimum absolute atomic E-state index is 0.260. The van der Waals surface area contributed by atoms with E-state index in [1.165, 1.54) is 0 Å². The van der Waals surface area contributed by atoms with E-state index in [4.69, 9.17) is 9.84 Å². The third-order valence-electron chi connectivity index (χ3n) is 1.64. The Kier molecular flexibility index (Phi) is 4.73. The Morgan fingerprint density at radius 2 is 1.60 bits per heavy atom. The number of nitrogens with zero attached hydrogens (tertiary/aromatic N) is 1. The van der Waals surface area contributed by atoms with Gasteiger partial charge in [0.15, 0.2) is 0 Å². The highest BCUT2D eigenvalue weighted by atomic mass is 16.5. The summed E-state index contributed by atoms with van der Waals surface area (Å²) in [5.41, 5.74) is 0. The van der Waals surface area contributed by atoms with Gasteiger partial charge in [-0.25, -0.2) is 0 Å². The highest BCUT2D eigenvalue weighted by Gasteiger charge is 1.87. The Morgan fingerprint density at radius 3 is 1.93 bits per heavy atom. The molecular weight excluding hydrogens is 190 g/mol. The lowest BCUT2D eigenvalue weighted by Gasteiger charge is -1.96. The van der Waals surface area contributed by atoms with Gasteiger partial charge in [-0.1, -0.05) is 6.07 Å². The molecule has 0 unspecified atom stereocenters. The van der Waals surface area contributed by atoms with Gasteiger partial charge >= 0.3 is 0 Å². The summed E-state index contributed by atoms with van der Waals surface area (Å²) >= 11 is 0. The average molecular weight is 203 g/mol. The van der Waals surface area contributed by atoms with Crippen molar-refractivity contribution >= 4 is 0 Å². The van der Waals surface area contributed by atoms with Gasteiger partial charge in [0, 0.05) is 12.4 Å². The van der Waals surface area contributed by atoms with E-state index in [1.807, 2.05) is 18.2 Å². The molecule has 2 rings (SSSR count). The molecule has 0 bridgehead atoms. The maximum Gasteiger partial charge on any atom is 0.119 e. The number of pyridine rings is 1. The van der Waals surface area contributed by atoms with Crippen molar-refractivity contribution in [2.45, 2.75) is 0 Å². The van der Waals surface area contributed by atoms with Gasteiger partial charge in [-0.2, -0.15) is 0 Å². The third kappa shape index (κ3) is 4.67. The topological polar surface area (TPSA) is 42.4 Å². The van der Waals surface area contributed by atoms with Gasteiger partial charge in [0.1, 0.15) is 11.5 Å². The van der Waals surface area contributed by atoms with E-state index < -0.39 is 0 Å². The minimum atomic E-state index is 0.260. The van der Waals surface area contributed by atoms with Crippen LogP contribution in [0.25, 0.3) is 0 Å². The number of aromatic hydroxyl groups is 1. The molecule has 0 fully saturated rings. The van der Waals surface area contributed by atoms with Crippen LogP contribution < -0.4 is 4.74 Å². The van der Waals surface area contributed by atoms with Gasteiger partial charge in [-0.15, -0.1) is 0 Å². The summed E-state index contributed by atoms with van der Waals surface area (Å²) in [5.74, 6) is 1.02. The zero-order valence-electron chi connectivity index (χ0n) is 8.50.